The number of esters is 1. The number of carbonyl (C=O) groups excluding carboxylic acids is 2. The lowest BCUT2D eigenvalue weighted by Gasteiger charge is -2.30. The Morgan fingerprint density at radius 3 is 2.59 bits per heavy atom. The topological polar surface area (TPSA) is 77.4 Å². The van der Waals surface area contributed by atoms with Crippen LogP contribution >= 0.6 is 27.7 Å². The van der Waals surface area contributed by atoms with Crippen molar-refractivity contribution in [2.45, 2.75) is 65.3 Å². The Balaban J connectivity index is 1.68. The van der Waals surface area contributed by atoms with Gasteiger partial charge in [-0.05, 0) is 96.2 Å². The molecule has 1 heterocycles. The molecule has 208 valence electrons. The molecule has 0 N–H and O–H groups in total. The number of aliphatic imine (C=N–C) groups is 1. The monoisotopic (exact) mass is 614 g/mol. The molecule has 9 heteroatoms. The van der Waals surface area contributed by atoms with Crippen LogP contribution in [0.1, 0.15) is 64.0 Å². The maximum absolute atomic E-state index is 13.8. The first-order valence-electron chi connectivity index (χ1n) is 13.6. The molecule has 0 atom stereocenters. The van der Waals surface area contributed by atoms with Gasteiger partial charge in [-0.1, -0.05) is 44.4 Å². The molecule has 2 aromatic rings. The van der Waals surface area contributed by atoms with Crippen LogP contribution in [0.3, 0.4) is 0 Å². The van der Waals surface area contributed by atoms with Crippen molar-refractivity contribution in [2.24, 2.45) is 4.99 Å². The molecule has 1 aliphatic carbocycles. The van der Waals surface area contributed by atoms with Crippen molar-refractivity contribution >= 4 is 56.5 Å². The number of thioether (sulfide) groups is 1. The summed E-state index contributed by atoms with van der Waals surface area (Å²) in [5.74, 6) is 0.426. The number of hydrogen-bond donors (Lipinski definition) is 0. The molecule has 4 rings (SSSR count). The lowest BCUT2D eigenvalue weighted by Crippen LogP contribution is -2.40. The van der Waals surface area contributed by atoms with E-state index in [0.29, 0.717) is 27.5 Å². The van der Waals surface area contributed by atoms with Crippen LogP contribution in [0.2, 0.25) is 0 Å². The number of amides is 1. The van der Waals surface area contributed by atoms with Gasteiger partial charge in [0.05, 0.1) is 28.3 Å². The van der Waals surface area contributed by atoms with Crippen molar-refractivity contribution < 1.29 is 23.8 Å². The van der Waals surface area contributed by atoms with E-state index < -0.39 is 5.97 Å². The number of benzene rings is 2. The molecule has 39 heavy (non-hydrogen) atoms. The fourth-order valence-corrected chi connectivity index (χ4v) is 6.43. The Morgan fingerprint density at radius 2 is 1.87 bits per heavy atom. The summed E-state index contributed by atoms with van der Waals surface area (Å²) in [6.07, 6.45) is 8.17. The maximum Gasteiger partial charge on any atom is 0.344 e. The average Bonchev–Trinajstić information content (AvgIpc) is 3.23. The van der Waals surface area contributed by atoms with Crippen LogP contribution < -0.4 is 9.47 Å². The summed E-state index contributed by atoms with van der Waals surface area (Å²) in [7, 11) is 0. The number of carbonyl (C=O) groups is 2. The van der Waals surface area contributed by atoms with Gasteiger partial charge < -0.3 is 14.2 Å². The van der Waals surface area contributed by atoms with Crippen LogP contribution in [0.15, 0.2) is 50.8 Å². The number of halogens is 1. The predicted molar refractivity (Wildman–Crippen MR) is 160 cm³/mol. The lowest BCUT2D eigenvalue weighted by atomic mass is 9.94. The van der Waals surface area contributed by atoms with Gasteiger partial charge in [-0.15, -0.1) is 0 Å². The van der Waals surface area contributed by atoms with E-state index in [9.17, 15) is 9.59 Å². The zero-order chi connectivity index (χ0) is 27.8. The molecule has 1 aliphatic heterocycles. The second-order valence-corrected chi connectivity index (χ2v) is 11.2. The minimum atomic E-state index is -0.453. The van der Waals surface area contributed by atoms with E-state index in [4.69, 9.17) is 19.2 Å². The molecule has 1 saturated carbocycles. The number of hydrogen-bond acceptors (Lipinski definition) is 7. The molecule has 7 nitrogen and oxygen atoms in total. The number of ether oxygens (including phenoxy) is 3. The first kappa shape index (κ1) is 29.2. The third-order valence-corrected chi connectivity index (χ3v) is 8.21. The molecule has 1 amide bonds. The highest BCUT2D eigenvalue weighted by atomic mass is 79.9. The van der Waals surface area contributed by atoms with Gasteiger partial charge >= 0.3 is 5.97 Å². The Bertz CT molecular complexity index is 1260. The largest absolute Gasteiger partial charge is 0.490 e. The standard InChI is InChI=1S/C30H35BrN2O5S/c1-4-21-12-10-11-15-24(21)32-30-33(22-13-8-7-9-14-22)29(35)26(39-30)18-20-16-23(31)28(25(17-20)36-5-2)38-19-27(34)37-6-3/h10-12,15-18,22H,4-9,13-14,19H2,1-3H3/b26-18+,32-30?. The fraction of sp³-hybridized carbons (Fsp3) is 0.433. The molecule has 1 saturated heterocycles. The van der Waals surface area contributed by atoms with Crippen molar-refractivity contribution in [2.75, 3.05) is 19.8 Å². The van der Waals surface area contributed by atoms with E-state index in [0.717, 1.165) is 54.1 Å². The summed E-state index contributed by atoms with van der Waals surface area (Å²) in [6, 6.07) is 11.9. The number of para-hydroxylation sites is 1. The van der Waals surface area contributed by atoms with E-state index in [1.807, 2.05) is 48.2 Å². The molecule has 0 unspecified atom stereocenters. The van der Waals surface area contributed by atoms with Crippen molar-refractivity contribution in [3.05, 3.63) is 56.9 Å². The van der Waals surface area contributed by atoms with Gasteiger partial charge in [0.1, 0.15) is 0 Å². The molecular weight excluding hydrogens is 580 g/mol. The second kappa shape index (κ2) is 14.0. The second-order valence-electron chi connectivity index (χ2n) is 9.31. The van der Waals surface area contributed by atoms with E-state index >= 15 is 0 Å². The van der Waals surface area contributed by atoms with E-state index in [-0.39, 0.29) is 25.2 Å². The zero-order valence-corrected chi connectivity index (χ0v) is 25.1. The fourth-order valence-electron chi connectivity index (χ4n) is 4.81. The SMILES string of the molecule is CCOC(=O)COc1c(Br)cc(/C=C2/SC(=Nc3ccccc3CC)N(C3CCCCC3)C2=O)cc1OCC. The van der Waals surface area contributed by atoms with E-state index in [1.165, 1.54) is 18.2 Å². The third kappa shape index (κ3) is 7.25. The number of nitrogens with zero attached hydrogens (tertiary/aromatic N) is 2. The average molecular weight is 616 g/mol. The van der Waals surface area contributed by atoms with Crippen molar-refractivity contribution in [3.8, 4) is 11.5 Å². The molecular formula is C30H35BrN2O5S. The smallest absolute Gasteiger partial charge is 0.344 e. The maximum atomic E-state index is 13.8. The quantitative estimate of drug-likeness (QED) is 0.206. The predicted octanol–water partition coefficient (Wildman–Crippen LogP) is 7.29. The first-order valence-corrected chi connectivity index (χ1v) is 15.2. The molecule has 0 radical (unpaired) electrons. The highest BCUT2D eigenvalue weighted by Gasteiger charge is 2.38. The number of aryl methyl sites for hydroxylation is 1. The number of amidine groups is 1. The van der Waals surface area contributed by atoms with Crippen LogP contribution in [0.4, 0.5) is 5.69 Å². The molecule has 2 fully saturated rings. The van der Waals surface area contributed by atoms with Crippen LogP contribution in [0.5, 0.6) is 11.5 Å². The summed E-state index contributed by atoms with van der Waals surface area (Å²) in [5, 5.41) is 0.734. The van der Waals surface area contributed by atoms with Gasteiger partial charge in [0.15, 0.2) is 23.3 Å². The zero-order valence-electron chi connectivity index (χ0n) is 22.7. The van der Waals surface area contributed by atoms with Crippen LogP contribution in [-0.2, 0) is 20.7 Å². The highest BCUT2D eigenvalue weighted by molar-refractivity contribution is 9.10. The van der Waals surface area contributed by atoms with E-state index in [1.54, 1.807) is 6.92 Å². The Morgan fingerprint density at radius 1 is 1.10 bits per heavy atom. The summed E-state index contributed by atoms with van der Waals surface area (Å²) in [4.78, 5) is 33.2. The van der Waals surface area contributed by atoms with Gasteiger partial charge in [-0.3, -0.25) is 9.69 Å². The molecule has 2 aliphatic rings. The Hall–Kier alpha value is -2.78. The minimum absolute atomic E-state index is 0.0173. The Labute approximate surface area is 243 Å². The summed E-state index contributed by atoms with van der Waals surface area (Å²) in [5.41, 5.74) is 2.84. The third-order valence-electron chi connectivity index (χ3n) is 6.63. The molecule has 0 aromatic heterocycles. The lowest BCUT2D eigenvalue weighted by molar-refractivity contribution is -0.145. The first-order chi connectivity index (χ1) is 18.9. The minimum Gasteiger partial charge on any atom is -0.490 e. The van der Waals surface area contributed by atoms with Crippen LogP contribution in [0.25, 0.3) is 6.08 Å². The van der Waals surface area contributed by atoms with Gasteiger partial charge in [0.25, 0.3) is 5.91 Å². The van der Waals surface area contributed by atoms with Gasteiger partial charge in [0.2, 0.25) is 0 Å². The highest BCUT2D eigenvalue weighted by Crippen LogP contribution is 2.41. The van der Waals surface area contributed by atoms with Gasteiger partial charge in [-0.25, -0.2) is 9.79 Å². The van der Waals surface area contributed by atoms with Crippen molar-refractivity contribution in [3.63, 3.8) is 0 Å². The molecule has 2 aromatic carbocycles. The van der Waals surface area contributed by atoms with Gasteiger partial charge in [-0.2, -0.15) is 0 Å². The Kier molecular flexibility index (Phi) is 10.5. The number of rotatable bonds is 10. The van der Waals surface area contributed by atoms with Crippen molar-refractivity contribution in [1.29, 1.82) is 0 Å². The van der Waals surface area contributed by atoms with Crippen LogP contribution in [-0.4, -0.2) is 47.8 Å². The van der Waals surface area contributed by atoms with Gasteiger partial charge in [0, 0.05) is 6.04 Å². The van der Waals surface area contributed by atoms with Crippen LogP contribution in [0, 0.1) is 0 Å². The summed E-state index contributed by atoms with van der Waals surface area (Å²) in [6.45, 7) is 6.22. The normalized spacial score (nSPS) is 18.2. The molecule has 0 spiro atoms. The summed E-state index contributed by atoms with van der Waals surface area (Å²) >= 11 is 4.97. The van der Waals surface area contributed by atoms with E-state index in [2.05, 4.69) is 28.9 Å². The van der Waals surface area contributed by atoms with Crippen molar-refractivity contribution in [1.82, 2.24) is 4.90 Å². The summed E-state index contributed by atoms with van der Waals surface area (Å²) < 4.78 is 17.1. The molecule has 0 bridgehead atoms.